The molecule has 0 aliphatic heterocycles. The van der Waals surface area contributed by atoms with Crippen molar-refractivity contribution in [1.29, 1.82) is 0 Å². The summed E-state index contributed by atoms with van der Waals surface area (Å²) in [6.45, 7) is 0.617. The molecule has 0 aromatic carbocycles. The third kappa shape index (κ3) is 2.85. The predicted molar refractivity (Wildman–Crippen MR) is 43.4 cm³/mol. The van der Waals surface area contributed by atoms with Crippen LogP contribution in [0.25, 0.3) is 0 Å². The maximum absolute atomic E-state index is 11.0. The molecule has 1 aliphatic carbocycles. The predicted octanol–water partition coefficient (Wildman–Crippen LogP) is 1.70. The molecule has 0 heterocycles. The smallest absolute Gasteiger partial charge is 0.155 e. The van der Waals surface area contributed by atoms with Crippen molar-refractivity contribution in [1.82, 2.24) is 0 Å². The molecule has 0 N–H and O–H groups in total. The fraction of sp³-hybridized carbons (Fsp3) is 0.667. The van der Waals surface area contributed by atoms with E-state index in [2.05, 4.69) is 0 Å². The first-order valence-electron chi connectivity index (χ1n) is 4.04. The summed E-state index contributed by atoms with van der Waals surface area (Å²) in [5, 5.41) is 0. The Morgan fingerprint density at radius 3 is 2.91 bits per heavy atom. The minimum absolute atomic E-state index is 0.259. The van der Waals surface area contributed by atoms with Crippen molar-refractivity contribution in [3.8, 4) is 0 Å². The molecule has 0 saturated carbocycles. The van der Waals surface area contributed by atoms with Gasteiger partial charge in [0.05, 0.1) is 6.61 Å². The number of hydrogen-bond donors (Lipinski definition) is 0. The lowest BCUT2D eigenvalue weighted by Crippen LogP contribution is -1.96. The molecule has 11 heavy (non-hydrogen) atoms. The molecule has 0 fully saturated rings. The van der Waals surface area contributed by atoms with E-state index in [0.717, 1.165) is 24.8 Å². The van der Waals surface area contributed by atoms with E-state index in [1.807, 2.05) is 0 Å². The maximum Gasteiger partial charge on any atom is 0.155 e. The van der Waals surface area contributed by atoms with Gasteiger partial charge in [-0.05, 0) is 30.9 Å². The molecule has 0 amide bonds. The maximum atomic E-state index is 11.0. The molecule has 2 heteroatoms. The second-order valence-corrected chi connectivity index (χ2v) is 2.91. The van der Waals surface area contributed by atoms with Crippen molar-refractivity contribution in [2.75, 3.05) is 13.7 Å². The first kappa shape index (κ1) is 8.47. The van der Waals surface area contributed by atoms with Gasteiger partial charge >= 0.3 is 0 Å². The number of ketones is 1. The van der Waals surface area contributed by atoms with Crippen molar-refractivity contribution in [2.45, 2.75) is 25.7 Å². The Balaban J connectivity index is 2.52. The van der Waals surface area contributed by atoms with Crippen LogP contribution in [-0.2, 0) is 9.53 Å². The number of hydrogen-bond acceptors (Lipinski definition) is 2. The number of rotatable bonds is 2. The topological polar surface area (TPSA) is 26.3 Å². The van der Waals surface area contributed by atoms with E-state index in [-0.39, 0.29) is 5.78 Å². The zero-order chi connectivity index (χ0) is 8.10. The number of allylic oxidation sites excluding steroid dienone is 1. The van der Waals surface area contributed by atoms with Crippen LogP contribution in [0.4, 0.5) is 0 Å². The van der Waals surface area contributed by atoms with Gasteiger partial charge in [0.15, 0.2) is 5.78 Å². The van der Waals surface area contributed by atoms with Gasteiger partial charge in [0.1, 0.15) is 0 Å². The van der Waals surface area contributed by atoms with Gasteiger partial charge in [-0.25, -0.2) is 0 Å². The second-order valence-electron chi connectivity index (χ2n) is 2.91. The third-order valence-electron chi connectivity index (χ3n) is 1.87. The Bertz CT molecular complexity index is 170. The lowest BCUT2D eigenvalue weighted by molar-refractivity contribution is -0.114. The van der Waals surface area contributed by atoms with Crippen molar-refractivity contribution >= 4 is 5.78 Å². The van der Waals surface area contributed by atoms with Gasteiger partial charge in [-0.2, -0.15) is 0 Å². The lowest BCUT2D eigenvalue weighted by atomic mass is 10.1. The van der Waals surface area contributed by atoms with Crippen molar-refractivity contribution in [3.63, 3.8) is 0 Å². The molecular formula is C9H14O2. The van der Waals surface area contributed by atoms with E-state index in [1.54, 1.807) is 13.2 Å². The van der Waals surface area contributed by atoms with E-state index in [1.165, 1.54) is 0 Å². The first-order valence-corrected chi connectivity index (χ1v) is 4.04. The summed E-state index contributed by atoms with van der Waals surface area (Å²) < 4.78 is 4.96. The summed E-state index contributed by atoms with van der Waals surface area (Å²) in [7, 11) is 1.66. The fourth-order valence-corrected chi connectivity index (χ4v) is 1.32. The average Bonchev–Trinajstić information content (AvgIpc) is 2.15. The summed E-state index contributed by atoms with van der Waals surface area (Å²) >= 11 is 0. The van der Waals surface area contributed by atoms with Crippen LogP contribution in [0.5, 0.6) is 0 Å². The highest BCUT2D eigenvalue weighted by molar-refractivity contribution is 5.90. The first-order chi connectivity index (χ1) is 5.33. The SMILES string of the molecule is COCC1=CC(=O)CCCC1. The minimum atomic E-state index is 0.259. The van der Waals surface area contributed by atoms with Crippen molar-refractivity contribution in [2.24, 2.45) is 0 Å². The van der Waals surface area contributed by atoms with E-state index in [4.69, 9.17) is 4.74 Å². The summed E-state index contributed by atoms with van der Waals surface area (Å²) in [5.74, 6) is 0.259. The monoisotopic (exact) mass is 154 g/mol. The molecule has 0 bridgehead atoms. The van der Waals surface area contributed by atoms with Crippen LogP contribution in [0, 0.1) is 0 Å². The van der Waals surface area contributed by atoms with E-state index < -0.39 is 0 Å². The Kier molecular flexibility index (Phi) is 3.30. The summed E-state index contributed by atoms with van der Waals surface area (Å²) in [6.07, 6.45) is 5.65. The van der Waals surface area contributed by atoms with Gasteiger partial charge in [0, 0.05) is 13.5 Å². The number of carbonyl (C=O) groups is 1. The average molecular weight is 154 g/mol. The van der Waals surface area contributed by atoms with E-state index >= 15 is 0 Å². The van der Waals surface area contributed by atoms with Crippen LogP contribution in [0.15, 0.2) is 11.6 Å². The third-order valence-corrected chi connectivity index (χ3v) is 1.87. The van der Waals surface area contributed by atoms with Gasteiger partial charge in [0.2, 0.25) is 0 Å². The second kappa shape index (κ2) is 4.29. The minimum Gasteiger partial charge on any atom is -0.380 e. The van der Waals surface area contributed by atoms with Gasteiger partial charge < -0.3 is 4.74 Å². The zero-order valence-corrected chi connectivity index (χ0v) is 6.93. The van der Waals surface area contributed by atoms with Crippen molar-refractivity contribution in [3.05, 3.63) is 11.6 Å². The van der Waals surface area contributed by atoms with Crippen LogP contribution in [-0.4, -0.2) is 19.5 Å². The van der Waals surface area contributed by atoms with Crippen LogP contribution >= 0.6 is 0 Å². The van der Waals surface area contributed by atoms with E-state index in [9.17, 15) is 4.79 Å². The molecular weight excluding hydrogens is 140 g/mol. The Morgan fingerprint density at radius 1 is 1.45 bits per heavy atom. The fourth-order valence-electron chi connectivity index (χ4n) is 1.32. The van der Waals surface area contributed by atoms with Gasteiger partial charge in [-0.1, -0.05) is 0 Å². The highest BCUT2D eigenvalue weighted by Gasteiger charge is 2.07. The molecule has 0 radical (unpaired) electrons. The molecule has 0 aromatic rings. The van der Waals surface area contributed by atoms with Crippen LogP contribution in [0.2, 0.25) is 0 Å². The highest BCUT2D eigenvalue weighted by Crippen LogP contribution is 2.14. The number of ether oxygens (including phenoxy) is 1. The molecule has 62 valence electrons. The van der Waals surface area contributed by atoms with Crippen LogP contribution in [0.1, 0.15) is 25.7 Å². The molecule has 1 rings (SSSR count). The van der Waals surface area contributed by atoms with E-state index in [0.29, 0.717) is 13.0 Å². The Morgan fingerprint density at radius 2 is 2.18 bits per heavy atom. The molecule has 0 unspecified atom stereocenters. The number of carbonyl (C=O) groups excluding carboxylic acids is 1. The molecule has 0 aromatic heterocycles. The summed E-state index contributed by atoms with van der Waals surface area (Å²) in [4.78, 5) is 11.0. The number of methoxy groups -OCH3 is 1. The molecule has 0 spiro atoms. The lowest BCUT2D eigenvalue weighted by Gasteiger charge is -2.00. The molecule has 0 saturated heterocycles. The van der Waals surface area contributed by atoms with Gasteiger partial charge in [-0.3, -0.25) is 4.79 Å². The highest BCUT2D eigenvalue weighted by atomic mass is 16.5. The van der Waals surface area contributed by atoms with Crippen LogP contribution < -0.4 is 0 Å². The zero-order valence-electron chi connectivity index (χ0n) is 6.93. The summed E-state index contributed by atoms with van der Waals surface area (Å²) in [5.41, 5.74) is 1.15. The molecule has 1 aliphatic rings. The van der Waals surface area contributed by atoms with Gasteiger partial charge in [-0.15, -0.1) is 0 Å². The molecule has 0 atom stereocenters. The summed E-state index contributed by atoms with van der Waals surface area (Å²) in [6, 6.07) is 0. The van der Waals surface area contributed by atoms with Crippen molar-refractivity contribution < 1.29 is 9.53 Å². The quantitative estimate of drug-likeness (QED) is 0.605. The Hall–Kier alpha value is -0.630. The molecule has 2 nitrogen and oxygen atoms in total. The normalized spacial score (nSPS) is 19.4. The van der Waals surface area contributed by atoms with Crippen LogP contribution in [0.3, 0.4) is 0 Å². The van der Waals surface area contributed by atoms with Gasteiger partial charge in [0.25, 0.3) is 0 Å². The largest absolute Gasteiger partial charge is 0.380 e. The standard InChI is InChI=1S/C9H14O2/c1-11-7-8-4-2-3-5-9(10)6-8/h6H,2-5,7H2,1H3. The Labute approximate surface area is 67.2 Å².